The topological polar surface area (TPSA) is 29.9 Å². The first-order valence-corrected chi connectivity index (χ1v) is 8.03. The number of likely N-dealkylation sites (N-methyl/N-ethyl adjacent to an activating group) is 1. The molecule has 112 valence electrons. The van der Waals surface area contributed by atoms with Crippen molar-refractivity contribution in [3.63, 3.8) is 0 Å². The van der Waals surface area contributed by atoms with E-state index in [0.717, 1.165) is 18.4 Å². The summed E-state index contributed by atoms with van der Waals surface area (Å²) in [7, 11) is 4.19. The second kappa shape index (κ2) is 6.44. The number of para-hydroxylation sites is 2. The van der Waals surface area contributed by atoms with Crippen LogP contribution in [0.5, 0.6) is 0 Å². The zero-order chi connectivity index (χ0) is 14.7. The molecule has 3 heteroatoms. The number of benzene rings is 1. The maximum absolute atomic E-state index is 4.80. The van der Waals surface area contributed by atoms with E-state index in [1.807, 2.05) is 0 Å². The van der Waals surface area contributed by atoms with Gasteiger partial charge >= 0.3 is 0 Å². The number of fused-ring (bicyclic) bond motifs is 1. The van der Waals surface area contributed by atoms with Gasteiger partial charge in [-0.05, 0) is 51.3 Å². The Morgan fingerprint density at radius 3 is 2.81 bits per heavy atom. The third kappa shape index (κ3) is 3.18. The Labute approximate surface area is 127 Å². The van der Waals surface area contributed by atoms with Gasteiger partial charge in [0.05, 0.1) is 11.0 Å². The van der Waals surface area contributed by atoms with Gasteiger partial charge in [-0.3, -0.25) is 0 Å². The van der Waals surface area contributed by atoms with E-state index in [-0.39, 0.29) is 0 Å². The number of imidazole rings is 1. The summed E-state index contributed by atoms with van der Waals surface area (Å²) in [5.41, 5.74) is 3.94. The van der Waals surface area contributed by atoms with Crippen molar-refractivity contribution in [1.82, 2.24) is 14.9 Å². The molecule has 1 atom stereocenters. The molecule has 0 saturated heterocycles. The Morgan fingerprint density at radius 1 is 1.24 bits per heavy atom. The van der Waals surface area contributed by atoms with E-state index in [1.165, 1.54) is 37.0 Å². The van der Waals surface area contributed by atoms with Crippen LogP contribution in [0.1, 0.15) is 37.9 Å². The van der Waals surface area contributed by atoms with Crippen LogP contribution in [0.15, 0.2) is 35.9 Å². The lowest BCUT2D eigenvalue weighted by Crippen LogP contribution is -2.29. The summed E-state index contributed by atoms with van der Waals surface area (Å²) in [5, 5.41) is 3.48. The maximum atomic E-state index is 4.80. The molecule has 0 amide bonds. The monoisotopic (exact) mass is 283 g/mol. The molecule has 1 unspecified atom stereocenters. The summed E-state index contributed by atoms with van der Waals surface area (Å²) in [6.45, 7) is 0. The van der Waals surface area contributed by atoms with Crippen LogP contribution in [0.3, 0.4) is 0 Å². The third-order valence-corrected chi connectivity index (χ3v) is 4.61. The molecule has 1 aromatic carbocycles. The fraction of sp³-hybridized carbons (Fsp3) is 0.500. The minimum atomic E-state index is 0.477. The van der Waals surface area contributed by atoms with E-state index in [2.05, 4.69) is 54.3 Å². The zero-order valence-electron chi connectivity index (χ0n) is 13.1. The van der Waals surface area contributed by atoms with Gasteiger partial charge in [-0.1, -0.05) is 23.8 Å². The summed E-state index contributed by atoms with van der Waals surface area (Å²) in [6, 6.07) is 8.85. The molecule has 1 N–H and O–H groups in total. The van der Waals surface area contributed by atoms with Gasteiger partial charge in [-0.25, -0.2) is 4.98 Å². The lowest BCUT2D eigenvalue weighted by atomic mass is 9.93. The standard InChI is InChI=1S/C18H25N3/c1-19-15(12-14-8-4-3-5-9-14)13-18-20-16-10-6-7-11-17(16)21(18)2/h6-8,10-11,15,19H,3-5,9,12-13H2,1-2H3. The zero-order valence-corrected chi connectivity index (χ0v) is 13.1. The Kier molecular flexibility index (Phi) is 4.39. The molecule has 0 saturated carbocycles. The molecule has 1 aromatic heterocycles. The molecule has 3 rings (SSSR count). The van der Waals surface area contributed by atoms with Gasteiger partial charge in [0.1, 0.15) is 5.82 Å². The van der Waals surface area contributed by atoms with Crippen LogP contribution in [0.4, 0.5) is 0 Å². The first-order valence-electron chi connectivity index (χ1n) is 8.03. The van der Waals surface area contributed by atoms with Crippen molar-refractivity contribution in [3.05, 3.63) is 41.7 Å². The highest BCUT2D eigenvalue weighted by atomic mass is 15.1. The highest BCUT2D eigenvalue weighted by Crippen LogP contribution is 2.23. The fourth-order valence-corrected chi connectivity index (χ4v) is 3.28. The summed E-state index contributed by atoms with van der Waals surface area (Å²) >= 11 is 0. The van der Waals surface area contributed by atoms with E-state index in [9.17, 15) is 0 Å². The SMILES string of the molecule is CNC(CC1=CCCCC1)Cc1nc2ccccc2n1C. The number of rotatable bonds is 5. The molecule has 0 radical (unpaired) electrons. The lowest BCUT2D eigenvalue weighted by molar-refractivity contribution is 0.516. The molecule has 1 aliphatic rings. The number of aromatic nitrogens is 2. The van der Waals surface area contributed by atoms with Crippen molar-refractivity contribution < 1.29 is 0 Å². The molecule has 2 aromatic rings. The predicted molar refractivity (Wildman–Crippen MR) is 88.4 cm³/mol. The molecule has 21 heavy (non-hydrogen) atoms. The van der Waals surface area contributed by atoms with Crippen molar-refractivity contribution in [2.24, 2.45) is 7.05 Å². The Morgan fingerprint density at radius 2 is 2.10 bits per heavy atom. The van der Waals surface area contributed by atoms with Gasteiger partial charge in [-0.2, -0.15) is 0 Å². The first-order chi connectivity index (χ1) is 10.3. The Hall–Kier alpha value is -1.61. The molecule has 0 aliphatic heterocycles. The van der Waals surface area contributed by atoms with Gasteiger partial charge < -0.3 is 9.88 Å². The van der Waals surface area contributed by atoms with Gasteiger partial charge in [0.2, 0.25) is 0 Å². The van der Waals surface area contributed by atoms with Gasteiger partial charge in [0.25, 0.3) is 0 Å². The van der Waals surface area contributed by atoms with Gasteiger partial charge in [-0.15, -0.1) is 0 Å². The highest BCUT2D eigenvalue weighted by molar-refractivity contribution is 5.75. The first kappa shape index (κ1) is 14.3. The van der Waals surface area contributed by atoms with E-state index >= 15 is 0 Å². The van der Waals surface area contributed by atoms with Crippen molar-refractivity contribution >= 4 is 11.0 Å². The molecule has 1 aliphatic carbocycles. The summed E-state index contributed by atoms with van der Waals surface area (Å²) in [6.07, 6.45) is 9.84. The minimum absolute atomic E-state index is 0.477. The number of allylic oxidation sites excluding steroid dienone is 1. The average molecular weight is 283 g/mol. The van der Waals surface area contributed by atoms with Gasteiger partial charge in [0, 0.05) is 19.5 Å². The third-order valence-electron chi connectivity index (χ3n) is 4.61. The average Bonchev–Trinajstić information content (AvgIpc) is 2.84. The summed E-state index contributed by atoms with van der Waals surface area (Å²) in [4.78, 5) is 4.80. The molecule has 0 spiro atoms. The Balaban J connectivity index is 1.75. The lowest BCUT2D eigenvalue weighted by Gasteiger charge is -2.20. The molecular formula is C18H25N3. The number of aryl methyl sites for hydroxylation is 1. The number of hydrogen-bond acceptors (Lipinski definition) is 2. The van der Waals surface area contributed by atoms with Crippen LogP contribution in [-0.2, 0) is 13.5 Å². The molecule has 0 fully saturated rings. The molecule has 0 bridgehead atoms. The Bertz CT molecular complexity index is 639. The molecule has 1 heterocycles. The second-order valence-corrected chi connectivity index (χ2v) is 6.08. The molecular weight excluding hydrogens is 258 g/mol. The normalized spacial score (nSPS) is 17.0. The van der Waals surface area contributed by atoms with Gasteiger partial charge in [0.15, 0.2) is 0 Å². The van der Waals surface area contributed by atoms with Crippen LogP contribution < -0.4 is 5.32 Å². The summed E-state index contributed by atoms with van der Waals surface area (Å²) in [5.74, 6) is 1.17. The quantitative estimate of drug-likeness (QED) is 0.850. The van der Waals surface area contributed by atoms with Crippen LogP contribution in [-0.4, -0.2) is 22.6 Å². The van der Waals surface area contributed by atoms with E-state index in [4.69, 9.17) is 4.98 Å². The molecule has 3 nitrogen and oxygen atoms in total. The summed E-state index contributed by atoms with van der Waals surface area (Å²) < 4.78 is 2.23. The minimum Gasteiger partial charge on any atom is -0.331 e. The van der Waals surface area contributed by atoms with E-state index < -0.39 is 0 Å². The largest absolute Gasteiger partial charge is 0.331 e. The smallest absolute Gasteiger partial charge is 0.111 e. The van der Waals surface area contributed by atoms with Crippen LogP contribution >= 0.6 is 0 Å². The number of hydrogen-bond donors (Lipinski definition) is 1. The van der Waals surface area contributed by atoms with Crippen molar-refractivity contribution in [2.75, 3.05) is 7.05 Å². The van der Waals surface area contributed by atoms with Crippen LogP contribution in [0, 0.1) is 0 Å². The fourth-order valence-electron chi connectivity index (χ4n) is 3.28. The highest BCUT2D eigenvalue weighted by Gasteiger charge is 2.15. The second-order valence-electron chi connectivity index (χ2n) is 6.08. The van der Waals surface area contributed by atoms with Crippen molar-refractivity contribution in [1.29, 1.82) is 0 Å². The van der Waals surface area contributed by atoms with E-state index in [1.54, 1.807) is 5.57 Å². The number of nitrogens with zero attached hydrogens (tertiary/aromatic N) is 2. The number of nitrogens with one attached hydrogen (secondary N) is 1. The van der Waals surface area contributed by atoms with Crippen LogP contribution in [0.2, 0.25) is 0 Å². The van der Waals surface area contributed by atoms with Crippen molar-refractivity contribution in [2.45, 2.75) is 44.6 Å². The van der Waals surface area contributed by atoms with E-state index in [0.29, 0.717) is 6.04 Å². The maximum Gasteiger partial charge on any atom is 0.111 e. The van der Waals surface area contributed by atoms with Crippen molar-refractivity contribution in [3.8, 4) is 0 Å². The van der Waals surface area contributed by atoms with Crippen LogP contribution in [0.25, 0.3) is 11.0 Å². The predicted octanol–water partition coefficient (Wildman–Crippen LogP) is 3.59.